The van der Waals surface area contributed by atoms with Gasteiger partial charge in [0.15, 0.2) is 0 Å². The summed E-state index contributed by atoms with van der Waals surface area (Å²) >= 11 is 0. The van der Waals surface area contributed by atoms with E-state index in [1.807, 2.05) is 30.3 Å². The van der Waals surface area contributed by atoms with Crippen molar-refractivity contribution in [1.82, 2.24) is 5.32 Å². The number of aliphatic hydroxyl groups excluding tert-OH is 1. The Bertz CT molecular complexity index is 400. The van der Waals surface area contributed by atoms with Crippen molar-refractivity contribution in [2.45, 2.75) is 26.4 Å². The summed E-state index contributed by atoms with van der Waals surface area (Å²) in [5, 5.41) is 22.1. The van der Waals surface area contributed by atoms with Crippen LogP contribution in [0, 0.1) is 17.2 Å². The van der Waals surface area contributed by atoms with E-state index in [1.165, 1.54) is 0 Å². The van der Waals surface area contributed by atoms with Crippen molar-refractivity contribution in [2.75, 3.05) is 31.1 Å². The van der Waals surface area contributed by atoms with Gasteiger partial charge in [-0.25, -0.2) is 0 Å². The van der Waals surface area contributed by atoms with Crippen LogP contribution in [0.1, 0.15) is 20.3 Å². The highest BCUT2D eigenvalue weighted by molar-refractivity contribution is 5.46. The van der Waals surface area contributed by atoms with Gasteiger partial charge >= 0.3 is 0 Å². The van der Waals surface area contributed by atoms with E-state index in [1.54, 1.807) is 0 Å². The van der Waals surface area contributed by atoms with E-state index >= 15 is 0 Å². The predicted molar refractivity (Wildman–Crippen MR) is 82.6 cm³/mol. The molecule has 1 atom stereocenters. The first kappa shape index (κ1) is 16.5. The Balaban J connectivity index is 2.50. The molecule has 1 rings (SSSR count). The largest absolute Gasteiger partial charge is 0.390 e. The molecular formula is C16H25N3O. The molecule has 0 amide bonds. The van der Waals surface area contributed by atoms with Gasteiger partial charge < -0.3 is 15.3 Å². The zero-order chi connectivity index (χ0) is 14.8. The van der Waals surface area contributed by atoms with E-state index in [0.717, 1.165) is 12.2 Å². The Labute approximate surface area is 122 Å². The molecule has 0 saturated carbocycles. The maximum atomic E-state index is 10.1. The Kier molecular flexibility index (Phi) is 7.71. The number of aliphatic hydroxyl groups is 1. The number of para-hydroxylation sites is 1. The average molecular weight is 275 g/mol. The van der Waals surface area contributed by atoms with Crippen LogP contribution >= 0.6 is 0 Å². The fourth-order valence-electron chi connectivity index (χ4n) is 2.01. The Hall–Kier alpha value is -1.57. The molecule has 4 nitrogen and oxygen atoms in total. The highest BCUT2D eigenvalue weighted by atomic mass is 16.3. The van der Waals surface area contributed by atoms with Crippen molar-refractivity contribution < 1.29 is 5.11 Å². The predicted octanol–water partition coefficient (Wildman–Crippen LogP) is 2.01. The molecule has 0 radical (unpaired) electrons. The minimum absolute atomic E-state index is 0.437. The molecule has 0 heterocycles. The van der Waals surface area contributed by atoms with Gasteiger partial charge in [0.2, 0.25) is 0 Å². The molecule has 1 aromatic carbocycles. The van der Waals surface area contributed by atoms with Crippen molar-refractivity contribution in [3.63, 3.8) is 0 Å². The SMILES string of the molecule is CC(C)CNCC(O)CN(CCC#N)c1ccccc1. The normalized spacial score (nSPS) is 12.2. The monoisotopic (exact) mass is 275 g/mol. The molecule has 0 bridgehead atoms. The lowest BCUT2D eigenvalue weighted by molar-refractivity contribution is 0.175. The van der Waals surface area contributed by atoms with E-state index in [2.05, 4.69) is 30.1 Å². The first-order valence-corrected chi connectivity index (χ1v) is 7.19. The molecule has 0 saturated heterocycles. The number of anilines is 1. The molecule has 0 aliphatic carbocycles. The zero-order valence-electron chi connectivity index (χ0n) is 12.4. The van der Waals surface area contributed by atoms with Gasteiger partial charge in [0.05, 0.1) is 18.6 Å². The molecule has 2 N–H and O–H groups in total. The lowest BCUT2D eigenvalue weighted by atomic mass is 10.2. The van der Waals surface area contributed by atoms with E-state index < -0.39 is 6.10 Å². The fraction of sp³-hybridized carbons (Fsp3) is 0.562. The summed E-state index contributed by atoms with van der Waals surface area (Å²) in [4.78, 5) is 2.06. The molecule has 1 aromatic rings. The molecule has 4 heteroatoms. The van der Waals surface area contributed by atoms with Crippen LogP contribution in [0.3, 0.4) is 0 Å². The van der Waals surface area contributed by atoms with Crippen LogP contribution in [-0.4, -0.2) is 37.4 Å². The first-order valence-electron chi connectivity index (χ1n) is 7.19. The van der Waals surface area contributed by atoms with Crippen LogP contribution in [0.5, 0.6) is 0 Å². The third kappa shape index (κ3) is 6.55. The second-order valence-corrected chi connectivity index (χ2v) is 5.40. The third-order valence-corrected chi connectivity index (χ3v) is 2.98. The minimum Gasteiger partial charge on any atom is -0.390 e. The maximum Gasteiger partial charge on any atom is 0.0839 e. The van der Waals surface area contributed by atoms with Gasteiger partial charge in [0, 0.05) is 25.3 Å². The van der Waals surface area contributed by atoms with Gasteiger partial charge in [-0.15, -0.1) is 0 Å². The molecule has 0 aliphatic heterocycles. The van der Waals surface area contributed by atoms with Crippen LogP contribution in [-0.2, 0) is 0 Å². The standard InChI is InChI=1S/C16H25N3O/c1-14(2)11-18-12-16(20)13-19(10-6-9-17)15-7-4-3-5-8-15/h3-5,7-8,14,16,18,20H,6,10-13H2,1-2H3. The van der Waals surface area contributed by atoms with Gasteiger partial charge in [-0.05, 0) is 24.6 Å². The van der Waals surface area contributed by atoms with Gasteiger partial charge in [0.1, 0.15) is 0 Å². The number of nitrogens with one attached hydrogen (secondary N) is 1. The Morgan fingerprint density at radius 1 is 1.25 bits per heavy atom. The van der Waals surface area contributed by atoms with Crippen LogP contribution in [0.2, 0.25) is 0 Å². The van der Waals surface area contributed by atoms with Gasteiger partial charge in [-0.1, -0.05) is 32.0 Å². The molecule has 20 heavy (non-hydrogen) atoms. The molecule has 0 aliphatic rings. The quantitative estimate of drug-likeness (QED) is 0.724. The smallest absolute Gasteiger partial charge is 0.0839 e. The molecule has 0 fully saturated rings. The number of nitrogens with zero attached hydrogens (tertiary/aromatic N) is 2. The van der Waals surface area contributed by atoms with Crippen molar-refractivity contribution in [2.24, 2.45) is 5.92 Å². The first-order chi connectivity index (χ1) is 9.63. The van der Waals surface area contributed by atoms with E-state index in [9.17, 15) is 5.11 Å². The summed E-state index contributed by atoms with van der Waals surface area (Å²) in [6.45, 7) is 6.94. The lowest BCUT2D eigenvalue weighted by Gasteiger charge is -2.26. The molecule has 1 unspecified atom stereocenters. The fourth-order valence-corrected chi connectivity index (χ4v) is 2.01. The number of benzene rings is 1. The van der Waals surface area contributed by atoms with Crippen LogP contribution < -0.4 is 10.2 Å². The molecular weight excluding hydrogens is 250 g/mol. The third-order valence-electron chi connectivity index (χ3n) is 2.98. The number of rotatable bonds is 9. The van der Waals surface area contributed by atoms with Crippen molar-refractivity contribution in [3.8, 4) is 6.07 Å². The van der Waals surface area contributed by atoms with Crippen molar-refractivity contribution in [1.29, 1.82) is 5.26 Å². The van der Waals surface area contributed by atoms with Gasteiger partial charge in [-0.2, -0.15) is 5.26 Å². The summed E-state index contributed by atoms with van der Waals surface area (Å²) in [6, 6.07) is 12.1. The average Bonchev–Trinajstić information content (AvgIpc) is 2.44. The number of hydrogen-bond acceptors (Lipinski definition) is 4. The lowest BCUT2D eigenvalue weighted by Crippen LogP contribution is -2.39. The Morgan fingerprint density at radius 3 is 2.55 bits per heavy atom. The summed E-state index contributed by atoms with van der Waals surface area (Å²) in [5.74, 6) is 0.575. The second kappa shape index (κ2) is 9.35. The van der Waals surface area contributed by atoms with Gasteiger partial charge in [0.25, 0.3) is 0 Å². The van der Waals surface area contributed by atoms with E-state index in [0.29, 0.717) is 32.0 Å². The van der Waals surface area contributed by atoms with Gasteiger partial charge in [-0.3, -0.25) is 0 Å². The number of nitriles is 1. The summed E-state index contributed by atoms with van der Waals surface area (Å²) in [5.41, 5.74) is 1.05. The topological polar surface area (TPSA) is 59.3 Å². The molecule has 0 spiro atoms. The summed E-state index contributed by atoms with van der Waals surface area (Å²) in [6.07, 6.45) is 0.0220. The zero-order valence-corrected chi connectivity index (χ0v) is 12.4. The van der Waals surface area contributed by atoms with Crippen molar-refractivity contribution in [3.05, 3.63) is 30.3 Å². The van der Waals surface area contributed by atoms with Crippen molar-refractivity contribution >= 4 is 5.69 Å². The summed E-state index contributed by atoms with van der Waals surface area (Å²) < 4.78 is 0. The second-order valence-electron chi connectivity index (χ2n) is 5.40. The van der Waals surface area contributed by atoms with Crippen LogP contribution in [0.15, 0.2) is 30.3 Å². The van der Waals surface area contributed by atoms with E-state index in [-0.39, 0.29) is 0 Å². The van der Waals surface area contributed by atoms with E-state index in [4.69, 9.17) is 5.26 Å². The summed E-state index contributed by atoms with van der Waals surface area (Å²) in [7, 11) is 0. The highest BCUT2D eigenvalue weighted by Gasteiger charge is 2.12. The van der Waals surface area contributed by atoms with Crippen LogP contribution in [0.25, 0.3) is 0 Å². The maximum absolute atomic E-state index is 10.1. The number of hydrogen-bond donors (Lipinski definition) is 2. The van der Waals surface area contributed by atoms with Crippen LogP contribution in [0.4, 0.5) is 5.69 Å². The molecule has 0 aromatic heterocycles. The highest BCUT2D eigenvalue weighted by Crippen LogP contribution is 2.13. The minimum atomic E-state index is -0.437. The Morgan fingerprint density at radius 2 is 1.95 bits per heavy atom. The molecule has 110 valence electrons.